The first-order valence-electron chi connectivity index (χ1n) is 5.89. The molecule has 0 saturated heterocycles. The lowest BCUT2D eigenvalue weighted by Crippen LogP contribution is -2.02. The SMILES string of the molecule is O=[N+]([O-])/C(=C/c1cc(F)cc(F)c1)Cc1ccccc1. The molecule has 3 nitrogen and oxygen atoms in total. The maximum Gasteiger partial charge on any atom is 0.251 e. The fourth-order valence-corrected chi connectivity index (χ4v) is 1.82. The van der Waals surface area contributed by atoms with Crippen molar-refractivity contribution >= 4 is 6.08 Å². The third-order valence-corrected chi connectivity index (χ3v) is 2.68. The van der Waals surface area contributed by atoms with Crippen molar-refractivity contribution in [2.45, 2.75) is 6.42 Å². The molecule has 0 heterocycles. The summed E-state index contributed by atoms with van der Waals surface area (Å²) in [5.41, 5.74) is 0.763. The Kier molecular flexibility index (Phi) is 4.20. The number of benzene rings is 2. The third-order valence-electron chi connectivity index (χ3n) is 2.68. The van der Waals surface area contributed by atoms with Crippen LogP contribution in [0.3, 0.4) is 0 Å². The van der Waals surface area contributed by atoms with Gasteiger partial charge in [0.1, 0.15) is 11.6 Å². The van der Waals surface area contributed by atoms with E-state index in [1.54, 1.807) is 30.3 Å². The van der Waals surface area contributed by atoms with Gasteiger partial charge in [0, 0.05) is 12.1 Å². The lowest BCUT2D eigenvalue weighted by molar-refractivity contribution is -0.425. The summed E-state index contributed by atoms with van der Waals surface area (Å²) in [7, 11) is 0. The van der Waals surface area contributed by atoms with Crippen molar-refractivity contribution in [3.63, 3.8) is 0 Å². The Balaban J connectivity index is 2.33. The molecule has 0 bridgehead atoms. The van der Waals surface area contributed by atoms with E-state index >= 15 is 0 Å². The molecule has 20 heavy (non-hydrogen) atoms. The summed E-state index contributed by atoms with van der Waals surface area (Å²) in [5.74, 6) is -1.53. The van der Waals surface area contributed by atoms with Crippen LogP contribution in [0.25, 0.3) is 6.08 Å². The van der Waals surface area contributed by atoms with Crippen LogP contribution in [0, 0.1) is 21.7 Å². The number of halogens is 2. The van der Waals surface area contributed by atoms with Crippen LogP contribution in [-0.4, -0.2) is 4.92 Å². The highest BCUT2D eigenvalue weighted by molar-refractivity contribution is 5.52. The van der Waals surface area contributed by atoms with E-state index in [0.29, 0.717) is 0 Å². The predicted octanol–water partition coefficient (Wildman–Crippen LogP) is 3.83. The summed E-state index contributed by atoms with van der Waals surface area (Å²) in [6.45, 7) is 0. The Bertz CT molecular complexity index is 634. The maximum atomic E-state index is 13.1. The van der Waals surface area contributed by atoms with E-state index in [9.17, 15) is 18.9 Å². The standard InChI is InChI=1S/C15H11F2NO2/c16-13-6-12(7-14(17)10-13)9-15(18(19)20)8-11-4-2-1-3-5-11/h1-7,9-10H,8H2/b15-9+. The summed E-state index contributed by atoms with van der Waals surface area (Å²) in [6.07, 6.45) is 1.27. The minimum absolute atomic E-state index is 0.0893. The molecule has 0 aliphatic heterocycles. The molecule has 0 aromatic heterocycles. The van der Waals surface area contributed by atoms with Gasteiger partial charge in [-0.15, -0.1) is 0 Å². The fraction of sp³-hybridized carbons (Fsp3) is 0.0667. The zero-order chi connectivity index (χ0) is 14.5. The molecule has 2 aromatic carbocycles. The van der Waals surface area contributed by atoms with Gasteiger partial charge in [-0.3, -0.25) is 10.1 Å². The number of nitrogens with zero attached hydrogens (tertiary/aromatic N) is 1. The van der Waals surface area contributed by atoms with Crippen LogP contribution in [0.1, 0.15) is 11.1 Å². The molecule has 0 fully saturated rings. The highest BCUT2D eigenvalue weighted by Crippen LogP contribution is 2.15. The van der Waals surface area contributed by atoms with E-state index in [1.807, 2.05) is 0 Å². The molecule has 0 spiro atoms. The van der Waals surface area contributed by atoms with E-state index in [1.165, 1.54) is 6.08 Å². The largest absolute Gasteiger partial charge is 0.259 e. The van der Waals surface area contributed by atoms with Gasteiger partial charge in [-0.1, -0.05) is 30.3 Å². The number of hydrogen-bond donors (Lipinski definition) is 0. The number of allylic oxidation sites excluding steroid dienone is 1. The highest BCUT2D eigenvalue weighted by atomic mass is 19.1. The number of hydrogen-bond acceptors (Lipinski definition) is 2. The van der Waals surface area contributed by atoms with E-state index in [0.717, 1.165) is 23.8 Å². The lowest BCUT2D eigenvalue weighted by atomic mass is 10.1. The Hall–Kier alpha value is -2.56. The van der Waals surface area contributed by atoms with Gasteiger partial charge < -0.3 is 0 Å². The number of nitro groups is 1. The minimum atomic E-state index is -0.765. The highest BCUT2D eigenvalue weighted by Gasteiger charge is 2.12. The number of rotatable bonds is 4. The fourth-order valence-electron chi connectivity index (χ4n) is 1.82. The monoisotopic (exact) mass is 275 g/mol. The first-order valence-corrected chi connectivity index (χ1v) is 5.89. The average Bonchev–Trinajstić information content (AvgIpc) is 2.38. The second-order valence-corrected chi connectivity index (χ2v) is 4.26. The Morgan fingerprint density at radius 3 is 2.25 bits per heavy atom. The van der Waals surface area contributed by atoms with Gasteiger partial charge in [-0.05, 0) is 23.3 Å². The second kappa shape index (κ2) is 6.06. The van der Waals surface area contributed by atoms with E-state index in [-0.39, 0.29) is 17.7 Å². The first-order chi connectivity index (χ1) is 9.54. The third kappa shape index (κ3) is 3.71. The zero-order valence-corrected chi connectivity index (χ0v) is 10.4. The molecule has 0 atom stereocenters. The Morgan fingerprint density at radius 1 is 1.10 bits per heavy atom. The summed E-state index contributed by atoms with van der Waals surface area (Å²) >= 11 is 0. The zero-order valence-electron chi connectivity index (χ0n) is 10.4. The summed E-state index contributed by atoms with van der Waals surface area (Å²) < 4.78 is 26.1. The molecule has 0 saturated carbocycles. The van der Waals surface area contributed by atoms with Gasteiger partial charge in [0.25, 0.3) is 5.70 Å². The molecule has 0 amide bonds. The van der Waals surface area contributed by atoms with Crippen molar-refractivity contribution in [1.29, 1.82) is 0 Å². The molecule has 102 valence electrons. The molecule has 2 rings (SSSR count). The van der Waals surface area contributed by atoms with Crippen molar-refractivity contribution in [2.75, 3.05) is 0 Å². The van der Waals surface area contributed by atoms with Crippen LogP contribution in [0.4, 0.5) is 8.78 Å². The van der Waals surface area contributed by atoms with Crippen LogP contribution in [-0.2, 0) is 6.42 Å². The molecule has 0 aliphatic rings. The Labute approximate surface area is 114 Å². The molecule has 0 aliphatic carbocycles. The van der Waals surface area contributed by atoms with Crippen molar-refractivity contribution < 1.29 is 13.7 Å². The quantitative estimate of drug-likeness (QED) is 0.628. The van der Waals surface area contributed by atoms with Gasteiger partial charge in [0.15, 0.2) is 0 Å². The van der Waals surface area contributed by atoms with Gasteiger partial charge in [-0.25, -0.2) is 8.78 Å². The summed E-state index contributed by atoms with van der Waals surface area (Å²) in [5, 5.41) is 11.0. The molecule has 0 radical (unpaired) electrons. The molecular formula is C15H11F2NO2. The second-order valence-electron chi connectivity index (χ2n) is 4.26. The van der Waals surface area contributed by atoms with Crippen LogP contribution in [0.2, 0.25) is 0 Å². The van der Waals surface area contributed by atoms with Gasteiger partial charge in [0.05, 0.1) is 11.3 Å². The molecule has 0 N–H and O–H groups in total. The average molecular weight is 275 g/mol. The molecule has 5 heteroatoms. The van der Waals surface area contributed by atoms with Gasteiger partial charge in [-0.2, -0.15) is 0 Å². The lowest BCUT2D eigenvalue weighted by Gasteiger charge is -2.01. The maximum absolute atomic E-state index is 13.1. The van der Waals surface area contributed by atoms with Crippen molar-refractivity contribution in [1.82, 2.24) is 0 Å². The summed E-state index contributed by atoms with van der Waals surface area (Å²) in [4.78, 5) is 10.5. The molecule has 2 aromatic rings. The topological polar surface area (TPSA) is 43.1 Å². The van der Waals surface area contributed by atoms with Crippen LogP contribution >= 0.6 is 0 Å². The smallest absolute Gasteiger partial charge is 0.251 e. The minimum Gasteiger partial charge on any atom is -0.259 e. The van der Waals surface area contributed by atoms with Crippen LogP contribution in [0.5, 0.6) is 0 Å². The summed E-state index contributed by atoms with van der Waals surface area (Å²) in [6, 6.07) is 11.7. The van der Waals surface area contributed by atoms with E-state index in [2.05, 4.69) is 0 Å². The predicted molar refractivity (Wildman–Crippen MR) is 71.5 cm³/mol. The van der Waals surface area contributed by atoms with Crippen molar-refractivity contribution in [2.24, 2.45) is 0 Å². The van der Waals surface area contributed by atoms with Crippen molar-refractivity contribution in [3.05, 3.63) is 87.1 Å². The van der Waals surface area contributed by atoms with Gasteiger partial charge >= 0.3 is 0 Å². The van der Waals surface area contributed by atoms with Crippen LogP contribution < -0.4 is 0 Å². The molecule has 0 unspecified atom stereocenters. The van der Waals surface area contributed by atoms with Gasteiger partial charge in [0.2, 0.25) is 0 Å². The van der Waals surface area contributed by atoms with E-state index in [4.69, 9.17) is 0 Å². The normalized spacial score (nSPS) is 11.4. The van der Waals surface area contributed by atoms with E-state index < -0.39 is 16.6 Å². The van der Waals surface area contributed by atoms with Crippen LogP contribution in [0.15, 0.2) is 54.2 Å². The Morgan fingerprint density at radius 2 is 1.70 bits per heavy atom. The molecular weight excluding hydrogens is 264 g/mol. The van der Waals surface area contributed by atoms with Crippen molar-refractivity contribution in [3.8, 4) is 0 Å². The first kappa shape index (κ1) is 13.9.